The van der Waals surface area contributed by atoms with E-state index in [2.05, 4.69) is 62.2 Å². The lowest BCUT2D eigenvalue weighted by atomic mass is 9.96. The lowest BCUT2D eigenvalue weighted by Crippen LogP contribution is -2.48. The van der Waals surface area contributed by atoms with Gasteiger partial charge in [0.1, 0.15) is 0 Å². The number of rotatable bonds is 3. The number of nitrogens with zero attached hydrogens (tertiary/aromatic N) is 1. The van der Waals surface area contributed by atoms with Crippen LogP contribution in [0.3, 0.4) is 0 Å². The van der Waals surface area contributed by atoms with Crippen LogP contribution in [0.1, 0.15) is 50.8 Å². The van der Waals surface area contributed by atoms with Gasteiger partial charge in [-0.05, 0) is 45.7 Å². The molecule has 1 fully saturated rings. The van der Waals surface area contributed by atoms with E-state index in [1.807, 2.05) is 0 Å². The Morgan fingerprint density at radius 1 is 1.32 bits per heavy atom. The smallest absolute Gasteiger partial charge is 0.0320 e. The normalized spacial score (nSPS) is 26.9. The second-order valence-electron chi connectivity index (χ2n) is 6.25. The largest absolute Gasteiger partial charge is 0.310 e. The molecule has 0 bridgehead atoms. The van der Waals surface area contributed by atoms with Gasteiger partial charge in [0, 0.05) is 24.7 Å². The summed E-state index contributed by atoms with van der Waals surface area (Å²) in [6, 6.07) is 9.51. The number of aryl methyl sites for hydroxylation is 1. The van der Waals surface area contributed by atoms with Gasteiger partial charge in [-0.3, -0.25) is 4.90 Å². The highest BCUT2D eigenvalue weighted by Crippen LogP contribution is 2.25. The molecular formula is C17H28N2. The van der Waals surface area contributed by atoms with Gasteiger partial charge in [0.2, 0.25) is 0 Å². The molecule has 2 unspecified atom stereocenters. The van der Waals surface area contributed by atoms with Crippen molar-refractivity contribution in [3.05, 3.63) is 35.4 Å². The van der Waals surface area contributed by atoms with Crippen molar-refractivity contribution in [3.63, 3.8) is 0 Å². The maximum atomic E-state index is 3.71. The van der Waals surface area contributed by atoms with E-state index in [0.29, 0.717) is 6.04 Å². The Bertz CT molecular complexity index is 398. The van der Waals surface area contributed by atoms with Crippen LogP contribution in [-0.2, 0) is 0 Å². The highest BCUT2D eigenvalue weighted by Gasteiger charge is 2.29. The number of nitrogens with one attached hydrogen (secondary N) is 1. The fourth-order valence-electron chi connectivity index (χ4n) is 2.88. The molecule has 106 valence electrons. The van der Waals surface area contributed by atoms with Gasteiger partial charge in [-0.25, -0.2) is 0 Å². The highest BCUT2D eigenvalue weighted by atomic mass is 15.2. The van der Waals surface area contributed by atoms with E-state index in [9.17, 15) is 0 Å². The highest BCUT2D eigenvalue weighted by molar-refractivity contribution is 5.24. The maximum absolute atomic E-state index is 3.71. The number of hydrogen-bond donors (Lipinski definition) is 1. The summed E-state index contributed by atoms with van der Waals surface area (Å²) in [4.78, 5) is 2.63. The number of hydrogen-bond acceptors (Lipinski definition) is 2. The van der Waals surface area contributed by atoms with Crippen molar-refractivity contribution in [3.8, 4) is 0 Å². The van der Waals surface area contributed by atoms with E-state index in [0.717, 1.165) is 13.1 Å². The average molecular weight is 260 g/mol. The standard InChI is InChI=1S/C17H28N2/c1-5-17(4)13-19(12-6-11-18-17)15(3)16-9-7-14(2)8-10-16/h7-10,15,18H,5-6,11-13H2,1-4H3. The minimum Gasteiger partial charge on any atom is -0.310 e. The van der Waals surface area contributed by atoms with Crippen LogP contribution in [0.5, 0.6) is 0 Å². The molecule has 1 aromatic carbocycles. The third kappa shape index (κ3) is 3.58. The summed E-state index contributed by atoms with van der Waals surface area (Å²) < 4.78 is 0. The van der Waals surface area contributed by atoms with Crippen LogP contribution in [0, 0.1) is 6.92 Å². The van der Waals surface area contributed by atoms with E-state index >= 15 is 0 Å². The fraction of sp³-hybridized carbons (Fsp3) is 0.647. The molecule has 1 heterocycles. The molecule has 1 aliphatic rings. The second kappa shape index (κ2) is 6.06. The van der Waals surface area contributed by atoms with Crippen molar-refractivity contribution >= 4 is 0 Å². The Kier molecular flexibility index (Phi) is 4.64. The SMILES string of the molecule is CCC1(C)CN(C(C)c2ccc(C)cc2)CCCN1. The van der Waals surface area contributed by atoms with Crippen molar-refractivity contribution in [2.24, 2.45) is 0 Å². The Balaban J connectivity index is 2.12. The number of benzene rings is 1. The fourth-order valence-corrected chi connectivity index (χ4v) is 2.88. The Hall–Kier alpha value is -0.860. The summed E-state index contributed by atoms with van der Waals surface area (Å²) in [6.07, 6.45) is 2.43. The van der Waals surface area contributed by atoms with Crippen molar-refractivity contribution in [2.75, 3.05) is 19.6 Å². The van der Waals surface area contributed by atoms with E-state index in [1.54, 1.807) is 0 Å². The lowest BCUT2D eigenvalue weighted by molar-refractivity contribution is 0.169. The first-order valence-corrected chi connectivity index (χ1v) is 7.60. The summed E-state index contributed by atoms with van der Waals surface area (Å²) in [5.74, 6) is 0. The van der Waals surface area contributed by atoms with Crippen LogP contribution in [0.25, 0.3) is 0 Å². The van der Waals surface area contributed by atoms with Crippen molar-refractivity contribution in [1.29, 1.82) is 0 Å². The van der Waals surface area contributed by atoms with Crippen LogP contribution in [0.4, 0.5) is 0 Å². The Morgan fingerprint density at radius 3 is 2.63 bits per heavy atom. The topological polar surface area (TPSA) is 15.3 Å². The molecule has 2 rings (SSSR count). The predicted octanol–water partition coefficient (Wildman–Crippen LogP) is 3.52. The van der Waals surface area contributed by atoms with Gasteiger partial charge in [-0.2, -0.15) is 0 Å². The molecule has 1 aliphatic heterocycles. The van der Waals surface area contributed by atoms with Crippen LogP contribution in [0.15, 0.2) is 24.3 Å². The average Bonchev–Trinajstić information content (AvgIpc) is 2.62. The van der Waals surface area contributed by atoms with Crippen molar-refractivity contribution in [1.82, 2.24) is 10.2 Å². The minimum absolute atomic E-state index is 0.259. The lowest BCUT2D eigenvalue weighted by Gasteiger charge is -2.36. The zero-order valence-electron chi connectivity index (χ0n) is 12.9. The molecule has 0 amide bonds. The third-order valence-corrected chi connectivity index (χ3v) is 4.61. The molecule has 0 saturated carbocycles. The zero-order valence-corrected chi connectivity index (χ0v) is 12.9. The quantitative estimate of drug-likeness (QED) is 0.894. The van der Waals surface area contributed by atoms with Crippen LogP contribution in [-0.4, -0.2) is 30.1 Å². The maximum Gasteiger partial charge on any atom is 0.0320 e. The summed E-state index contributed by atoms with van der Waals surface area (Å²) in [6.45, 7) is 12.6. The first-order chi connectivity index (χ1) is 9.04. The van der Waals surface area contributed by atoms with Crippen LogP contribution >= 0.6 is 0 Å². The first kappa shape index (κ1) is 14.5. The molecule has 1 N–H and O–H groups in total. The molecule has 19 heavy (non-hydrogen) atoms. The second-order valence-corrected chi connectivity index (χ2v) is 6.25. The molecule has 0 radical (unpaired) electrons. The molecule has 0 spiro atoms. The van der Waals surface area contributed by atoms with E-state index in [-0.39, 0.29) is 5.54 Å². The van der Waals surface area contributed by atoms with Gasteiger partial charge in [-0.1, -0.05) is 36.8 Å². The minimum atomic E-state index is 0.259. The van der Waals surface area contributed by atoms with E-state index in [1.165, 1.54) is 30.5 Å². The van der Waals surface area contributed by atoms with Gasteiger partial charge >= 0.3 is 0 Å². The Labute approximate surface area is 118 Å². The first-order valence-electron chi connectivity index (χ1n) is 7.60. The van der Waals surface area contributed by atoms with Crippen molar-refractivity contribution < 1.29 is 0 Å². The van der Waals surface area contributed by atoms with Crippen LogP contribution < -0.4 is 5.32 Å². The van der Waals surface area contributed by atoms with E-state index < -0.39 is 0 Å². The zero-order chi connectivity index (χ0) is 13.9. The van der Waals surface area contributed by atoms with Crippen molar-refractivity contribution in [2.45, 2.75) is 52.1 Å². The summed E-state index contributed by atoms with van der Waals surface area (Å²) in [7, 11) is 0. The monoisotopic (exact) mass is 260 g/mol. The van der Waals surface area contributed by atoms with E-state index in [4.69, 9.17) is 0 Å². The van der Waals surface area contributed by atoms with Gasteiger partial charge in [0.25, 0.3) is 0 Å². The predicted molar refractivity (Wildman–Crippen MR) is 82.5 cm³/mol. The molecule has 2 atom stereocenters. The molecule has 1 aromatic rings. The third-order valence-electron chi connectivity index (χ3n) is 4.61. The Morgan fingerprint density at radius 2 is 2.00 bits per heavy atom. The molecule has 1 saturated heterocycles. The molecule has 0 aromatic heterocycles. The molecule has 0 aliphatic carbocycles. The van der Waals surface area contributed by atoms with Gasteiger partial charge < -0.3 is 5.32 Å². The molecule has 2 nitrogen and oxygen atoms in total. The summed E-state index contributed by atoms with van der Waals surface area (Å²) in [5.41, 5.74) is 3.04. The van der Waals surface area contributed by atoms with Gasteiger partial charge in [0.05, 0.1) is 0 Å². The molecular weight excluding hydrogens is 232 g/mol. The molecule has 2 heteroatoms. The van der Waals surface area contributed by atoms with Gasteiger partial charge in [-0.15, -0.1) is 0 Å². The summed E-state index contributed by atoms with van der Waals surface area (Å²) in [5, 5.41) is 3.71. The van der Waals surface area contributed by atoms with Gasteiger partial charge in [0.15, 0.2) is 0 Å². The van der Waals surface area contributed by atoms with Crippen LogP contribution in [0.2, 0.25) is 0 Å². The summed E-state index contributed by atoms with van der Waals surface area (Å²) >= 11 is 0.